The summed E-state index contributed by atoms with van der Waals surface area (Å²) in [5, 5.41) is 5.87. The van der Waals surface area contributed by atoms with Gasteiger partial charge in [0.05, 0.1) is 0 Å². The fraction of sp³-hybridized carbons (Fsp3) is 0.800. The smallest absolute Gasteiger partial charge is 0.244 e. The Morgan fingerprint density at radius 3 is 2.62 bits per heavy atom. The zero-order valence-corrected chi connectivity index (χ0v) is 10.8. The van der Waals surface area contributed by atoms with Gasteiger partial charge in [-0.05, 0) is 13.8 Å². The first-order chi connectivity index (χ1) is 7.00. The van der Waals surface area contributed by atoms with Gasteiger partial charge in [0.15, 0.2) is 0 Å². The van der Waals surface area contributed by atoms with Crippen molar-refractivity contribution in [2.45, 2.75) is 32.9 Å². The molecular weight excluding hydrogens is 230 g/mol. The standard InChI is InChI=1S/C10H19N3O2.ClH/c1-7-6-13(5-4-11-7)10(15)8(2)12-9(3)14;/h7-8,11H,4-6H2,1-3H3,(H,12,14);1H/t7-,8?;/m1./s1. The number of hydrogen-bond acceptors (Lipinski definition) is 3. The van der Waals surface area contributed by atoms with E-state index < -0.39 is 6.04 Å². The topological polar surface area (TPSA) is 61.4 Å². The van der Waals surface area contributed by atoms with E-state index in [2.05, 4.69) is 10.6 Å². The molecule has 2 atom stereocenters. The maximum atomic E-state index is 11.9. The number of amides is 2. The minimum atomic E-state index is -0.423. The Morgan fingerprint density at radius 1 is 1.50 bits per heavy atom. The molecule has 2 N–H and O–H groups in total. The van der Waals surface area contributed by atoms with Crippen LogP contribution in [0, 0.1) is 0 Å². The lowest BCUT2D eigenvalue weighted by Crippen LogP contribution is -2.55. The van der Waals surface area contributed by atoms with Crippen molar-refractivity contribution in [3.8, 4) is 0 Å². The number of carbonyl (C=O) groups is 2. The minimum Gasteiger partial charge on any atom is -0.345 e. The van der Waals surface area contributed by atoms with E-state index in [9.17, 15) is 9.59 Å². The fourth-order valence-corrected chi connectivity index (χ4v) is 1.77. The highest BCUT2D eigenvalue weighted by molar-refractivity contribution is 5.86. The molecule has 94 valence electrons. The zero-order chi connectivity index (χ0) is 11.4. The van der Waals surface area contributed by atoms with Crippen LogP contribution in [0.5, 0.6) is 0 Å². The molecule has 0 radical (unpaired) electrons. The van der Waals surface area contributed by atoms with Crippen molar-refractivity contribution in [2.24, 2.45) is 0 Å². The normalized spacial score (nSPS) is 21.9. The van der Waals surface area contributed by atoms with Gasteiger partial charge in [-0.3, -0.25) is 9.59 Å². The molecule has 0 aromatic carbocycles. The van der Waals surface area contributed by atoms with E-state index in [0.717, 1.165) is 6.54 Å². The molecule has 1 fully saturated rings. The number of piperazine rings is 1. The van der Waals surface area contributed by atoms with Crippen LogP contribution >= 0.6 is 12.4 Å². The number of nitrogens with zero attached hydrogens (tertiary/aromatic N) is 1. The molecule has 0 aromatic rings. The van der Waals surface area contributed by atoms with Gasteiger partial charge in [-0.15, -0.1) is 12.4 Å². The Kier molecular flexibility index (Phi) is 6.36. The number of nitrogens with one attached hydrogen (secondary N) is 2. The van der Waals surface area contributed by atoms with Gasteiger partial charge in [0.25, 0.3) is 0 Å². The minimum absolute atomic E-state index is 0. The Labute approximate surface area is 102 Å². The van der Waals surface area contributed by atoms with Gasteiger partial charge in [-0.1, -0.05) is 0 Å². The predicted octanol–water partition coefficient (Wildman–Crippen LogP) is -0.247. The number of hydrogen-bond donors (Lipinski definition) is 2. The molecule has 1 aliphatic heterocycles. The van der Waals surface area contributed by atoms with Gasteiger partial charge < -0.3 is 15.5 Å². The molecule has 1 aliphatic rings. The molecule has 16 heavy (non-hydrogen) atoms. The second-order valence-corrected chi connectivity index (χ2v) is 4.06. The largest absolute Gasteiger partial charge is 0.345 e. The molecule has 0 aliphatic carbocycles. The molecule has 6 heteroatoms. The second-order valence-electron chi connectivity index (χ2n) is 4.06. The van der Waals surface area contributed by atoms with Gasteiger partial charge in [0.1, 0.15) is 6.04 Å². The van der Waals surface area contributed by atoms with Gasteiger partial charge in [-0.25, -0.2) is 0 Å². The van der Waals surface area contributed by atoms with Crippen LogP contribution in [0.4, 0.5) is 0 Å². The molecule has 0 bridgehead atoms. The predicted molar refractivity (Wildman–Crippen MR) is 64.6 cm³/mol. The molecular formula is C10H20ClN3O2. The van der Waals surface area contributed by atoms with Crippen molar-refractivity contribution in [1.29, 1.82) is 0 Å². The Balaban J connectivity index is 0.00000225. The average Bonchev–Trinajstić information content (AvgIpc) is 2.15. The van der Waals surface area contributed by atoms with E-state index in [0.29, 0.717) is 19.1 Å². The van der Waals surface area contributed by atoms with Gasteiger partial charge in [0.2, 0.25) is 11.8 Å². The van der Waals surface area contributed by atoms with Crippen molar-refractivity contribution in [1.82, 2.24) is 15.5 Å². The Hall–Kier alpha value is -0.810. The quantitative estimate of drug-likeness (QED) is 0.710. The van der Waals surface area contributed by atoms with Crippen LogP contribution in [0.3, 0.4) is 0 Å². The van der Waals surface area contributed by atoms with Gasteiger partial charge in [-0.2, -0.15) is 0 Å². The van der Waals surface area contributed by atoms with Crippen LogP contribution in [-0.2, 0) is 9.59 Å². The Morgan fingerprint density at radius 2 is 2.12 bits per heavy atom. The summed E-state index contributed by atoms with van der Waals surface area (Å²) in [7, 11) is 0. The third-order valence-electron chi connectivity index (χ3n) is 2.47. The SMILES string of the molecule is CC(=O)NC(C)C(=O)N1CCN[C@H](C)C1.Cl. The summed E-state index contributed by atoms with van der Waals surface area (Å²) >= 11 is 0. The first-order valence-corrected chi connectivity index (χ1v) is 5.30. The van der Waals surface area contributed by atoms with E-state index in [-0.39, 0.29) is 24.2 Å². The van der Waals surface area contributed by atoms with Gasteiger partial charge >= 0.3 is 0 Å². The lowest BCUT2D eigenvalue weighted by atomic mass is 10.2. The van der Waals surface area contributed by atoms with Gasteiger partial charge in [0, 0.05) is 32.6 Å². The third-order valence-corrected chi connectivity index (χ3v) is 2.47. The first kappa shape index (κ1) is 15.2. The highest BCUT2D eigenvalue weighted by Gasteiger charge is 2.24. The molecule has 1 saturated heterocycles. The van der Waals surface area contributed by atoms with Crippen LogP contribution in [-0.4, -0.2) is 48.4 Å². The summed E-state index contributed by atoms with van der Waals surface area (Å²) in [6.07, 6.45) is 0. The van der Waals surface area contributed by atoms with Crippen molar-refractivity contribution in [3.63, 3.8) is 0 Å². The summed E-state index contributed by atoms with van der Waals surface area (Å²) in [6, 6.07) is -0.0972. The van der Waals surface area contributed by atoms with E-state index in [4.69, 9.17) is 0 Å². The monoisotopic (exact) mass is 249 g/mol. The first-order valence-electron chi connectivity index (χ1n) is 5.30. The average molecular weight is 250 g/mol. The zero-order valence-electron chi connectivity index (χ0n) is 9.95. The third kappa shape index (κ3) is 4.37. The lowest BCUT2D eigenvalue weighted by molar-refractivity contribution is -0.136. The van der Waals surface area contributed by atoms with Crippen molar-refractivity contribution < 1.29 is 9.59 Å². The number of carbonyl (C=O) groups excluding carboxylic acids is 2. The van der Waals surface area contributed by atoms with E-state index in [1.54, 1.807) is 11.8 Å². The summed E-state index contributed by atoms with van der Waals surface area (Å²) < 4.78 is 0. The van der Waals surface area contributed by atoms with Crippen LogP contribution in [0.2, 0.25) is 0 Å². The summed E-state index contributed by atoms with van der Waals surface area (Å²) in [6.45, 7) is 7.43. The number of halogens is 1. The molecule has 1 heterocycles. The molecule has 2 amide bonds. The van der Waals surface area contributed by atoms with Crippen LogP contribution in [0.15, 0.2) is 0 Å². The molecule has 1 unspecified atom stereocenters. The van der Waals surface area contributed by atoms with Crippen molar-refractivity contribution in [2.75, 3.05) is 19.6 Å². The van der Waals surface area contributed by atoms with Crippen LogP contribution < -0.4 is 10.6 Å². The van der Waals surface area contributed by atoms with Crippen molar-refractivity contribution >= 4 is 24.2 Å². The highest BCUT2D eigenvalue weighted by atomic mass is 35.5. The maximum Gasteiger partial charge on any atom is 0.244 e. The van der Waals surface area contributed by atoms with E-state index in [1.807, 2.05) is 6.92 Å². The second kappa shape index (κ2) is 6.70. The Bertz CT molecular complexity index is 260. The molecule has 0 spiro atoms. The summed E-state index contributed by atoms with van der Waals surface area (Å²) in [4.78, 5) is 24.5. The molecule has 1 rings (SSSR count). The summed E-state index contributed by atoms with van der Waals surface area (Å²) in [5.41, 5.74) is 0. The fourth-order valence-electron chi connectivity index (χ4n) is 1.77. The molecule has 0 saturated carbocycles. The molecule has 0 aromatic heterocycles. The van der Waals surface area contributed by atoms with Crippen LogP contribution in [0.25, 0.3) is 0 Å². The highest BCUT2D eigenvalue weighted by Crippen LogP contribution is 2.01. The number of rotatable bonds is 2. The van der Waals surface area contributed by atoms with Crippen molar-refractivity contribution in [3.05, 3.63) is 0 Å². The summed E-state index contributed by atoms with van der Waals surface area (Å²) in [5.74, 6) is -0.169. The molecule has 5 nitrogen and oxygen atoms in total. The van der Waals surface area contributed by atoms with E-state index >= 15 is 0 Å². The van der Waals surface area contributed by atoms with E-state index in [1.165, 1.54) is 6.92 Å². The lowest BCUT2D eigenvalue weighted by Gasteiger charge is -2.33. The van der Waals surface area contributed by atoms with Crippen LogP contribution in [0.1, 0.15) is 20.8 Å². The maximum absolute atomic E-state index is 11.9.